The van der Waals surface area contributed by atoms with Gasteiger partial charge in [-0.1, -0.05) is 59.6 Å². The third kappa shape index (κ3) is 2.86. The molecule has 0 unspecified atom stereocenters. The molecule has 0 radical (unpaired) electrons. The normalized spacial score (nSPS) is 24.4. The van der Waals surface area contributed by atoms with Crippen LogP contribution in [0.5, 0.6) is 0 Å². The van der Waals surface area contributed by atoms with Gasteiger partial charge in [0.2, 0.25) is 29.0 Å². The first-order chi connectivity index (χ1) is 16.8. The second-order valence-corrected chi connectivity index (χ2v) is 9.46. The first kappa shape index (κ1) is 22.1. The van der Waals surface area contributed by atoms with Crippen LogP contribution in [0, 0.1) is 17.7 Å². The zero-order valence-electron chi connectivity index (χ0n) is 17.7. The van der Waals surface area contributed by atoms with E-state index in [1.54, 1.807) is 12.1 Å². The van der Waals surface area contributed by atoms with Crippen molar-refractivity contribution in [3.05, 3.63) is 99.3 Å². The Balaban J connectivity index is 1.54. The van der Waals surface area contributed by atoms with Crippen molar-refractivity contribution < 1.29 is 28.3 Å². The fourth-order valence-corrected chi connectivity index (χ4v) is 5.64. The molecule has 2 fully saturated rings. The maximum atomic E-state index is 13.8. The fourth-order valence-electron chi connectivity index (χ4n) is 5.35. The van der Waals surface area contributed by atoms with Crippen molar-refractivity contribution in [2.45, 2.75) is 11.7 Å². The Morgan fingerprint density at radius 1 is 0.800 bits per heavy atom. The Bertz CT molecular complexity index is 1440. The van der Waals surface area contributed by atoms with Crippen LogP contribution < -0.4 is 4.90 Å². The summed E-state index contributed by atoms with van der Waals surface area (Å²) in [5, 5.41) is 0.360. The van der Waals surface area contributed by atoms with Crippen LogP contribution in [0.3, 0.4) is 0 Å². The zero-order valence-corrected chi connectivity index (χ0v) is 19.2. The van der Waals surface area contributed by atoms with E-state index in [1.807, 2.05) is 0 Å². The van der Waals surface area contributed by atoms with Gasteiger partial charge in [-0.25, -0.2) is 9.29 Å². The van der Waals surface area contributed by atoms with Crippen LogP contribution in [-0.4, -0.2) is 29.0 Å². The smallest absolute Gasteiger partial charge is 0.241 e. The van der Waals surface area contributed by atoms with E-state index in [4.69, 9.17) is 27.9 Å². The molecule has 35 heavy (non-hydrogen) atoms. The molecule has 0 bridgehead atoms. The number of hydrogen-bond donors (Lipinski definition) is 0. The average molecular weight is 510 g/mol. The molecule has 2 amide bonds. The molecule has 2 aliphatic heterocycles. The van der Waals surface area contributed by atoms with Gasteiger partial charge >= 0.3 is 0 Å². The largest absolute Gasteiger partial charge is 0.349 e. The molecule has 0 aromatic heterocycles. The number of amides is 2. The topological polar surface area (TPSA) is 80.8 Å². The number of ketones is 2. The molecule has 1 spiro atoms. The third-order valence-corrected chi connectivity index (χ3v) is 7.62. The fraction of sp³-hybridized carbons (Fsp3) is 0.154. The van der Waals surface area contributed by atoms with Crippen molar-refractivity contribution in [2.75, 3.05) is 4.90 Å². The first-order valence-corrected chi connectivity index (χ1v) is 11.5. The van der Waals surface area contributed by atoms with Gasteiger partial charge in [0.05, 0.1) is 33.7 Å². The van der Waals surface area contributed by atoms with Crippen molar-refractivity contribution in [3.63, 3.8) is 0 Å². The quantitative estimate of drug-likeness (QED) is 0.365. The summed E-state index contributed by atoms with van der Waals surface area (Å²) in [5.41, 5.74) is -1.42. The van der Waals surface area contributed by atoms with Gasteiger partial charge in [-0.15, -0.1) is 0 Å². The summed E-state index contributed by atoms with van der Waals surface area (Å²) in [6, 6.07) is 15.7. The number of Topliss-reactive ketones (excluding diaryl/α,β-unsaturated/α-hetero) is 2. The molecule has 174 valence electrons. The van der Waals surface area contributed by atoms with Crippen LogP contribution >= 0.6 is 23.2 Å². The standard InChI is InChI=1S/C26H14Cl2FNO5/c27-17-10-9-14(11-18(17)28)30-24(33)19-20(25(30)34)26(35-21(19)12-5-7-13(29)8-6-12)22(31)15-3-1-2-4-16(15)23(26)32/h1-11,19-21H/t19-,20-,21-/m1/s1. The molecular formula is C26H14Cl2FNO5. The minimum absolute atomic E-state index is 0.128. The minimum atomic E-state index is -2.20. The summed E-state index contributed by atoms with van der Waals surface area (Å²) in [5.74, 6) is -5.86. The Hall–Kier alpha value is -3.39. The predicted molar refractivity (Wildman–Crippen MR) is 124 cm³/mol. The van der Waals surface area contributed by atoms with Crippen LogP contribution in [0.1, 0.15) is 32.4 Å². The van der Waals surface area contributed by atoms with E-state index in [2.05, 4.69) is 0 Å². The third-order valence-electron chi connectivity index (χ3n) is 6.88. The van der Waals surface area contributed by atoms with Crippen molar-refractivity contribution in [1.82, 2.24) is 0 Å². The second kappa shape index (κ2) is 7.55. The lowest BCUT2D eigenvalue weighted by atomic mass is 9.77. The lowest BCUT2D eigenvalue weighted by molar-refractivity contribution is -0.127. The summed E-state index contributed by atoms with van der Waals surface area (Å²) in [4.78, 5) is 55.8. The highest BCUT2D eigenvalue weighted by molar-refractivity contribution is 6.42. The molecule has 3 aliphatic rings. The zero-order chi connectivity index (χ0) is 24.6. The van der Waals surface area contributed by atoms with Gasteiger partial charge in [-0.2, -0.15) is 0 Å². The van der Waals surface area contributed by atoms with E-state index in [0.29, 0.717) is 5.56 Å². The summed E-state index contributed by atoms with van der Waals surface area (Å²) >= 11 is 12.1. The maximum Gasteiger partial charge on any atom is 0.241 e. The number of halogens is 3. The van der Waals surface area contributed by atoms with Gasteiger partial charge in [0.15, 0.2) is 0 Å². The molecule has 3 atom stereocenters. The maximum absolute atomic E-state index is 13.8. The molecule has 0 saturated carbocycles. The van der Waals surface area contributed by atoms with Gasteiger partial charge < -0.3 is 4.74 Å². The summed E-state index contributed by atoms with van der Waals surface area (Å²) < 4.78 is 19.8. The highest BCUT2D eigenvalue weighted by Crippen LogP contribution is 2.57. The van der Waals surface area contributed by atoms with Crippen molar-refractivity contribution in [2.24, 2.45) is 11.8 Å². The Kier molecular flexibility index (Phi) is 4.77. The van der Waals surface area contributed by atoms with Crippen LogP contribution in [0.2, 0.25) is 10.0 Å². The van der Waals surface area contributed by atoms with E-state index in [9.17, 15) is 23.6 Å². The van der Waals surface area contributed by atoms with E-state index in [-0.39, 0.29) is 26.9 Å². The number of fused-ring (bicyclic) bond motifs is 3. The Morgan fingerprint density at radius 2 is 1.43 bits per heavy atom. The van der Waals surface area contributed by atoms with E-state index in [1.165, 1.54) is 54.6 Å². The van der Waals surface area contributed by atoms with Gasteiger partial charge in [0.1, 0.15) is 5.82 Å². The van der Waals surface area contributed by atoms with Crippen LogP contribution in [0.4, 0.5) is 10.1 Å². The van der Waals surface area contributed by atoms with E-state index >= 15 is 0 Å². The second-order valence-electron chi connectivity index (χ2n) is 8.64. The molecule has 6 nitrogen and oxygen atoms in total. The lowest BCUT2D eigenvalue weighted by Gasteiger charge is -2.27. The van der Waals surface area contributed by atoms with Gasteiger partial charge in [0, 0.05) is 11.1 Å². The summed E-state index contributed by atoms with van der Waals surface area (Å²) in [6.45, 7) is 0. The number of anilines is 1. The highest BCUT2D eigenvalue weighted by Gasteiger charge is 2.74. The molecule has 0 N–H and O–H groups in total. The first-order valence-electron chi connectivity index (χ1n) is 10.7. The molecular weight excluding hydrogens is 496 g/mol. The average Bonchev–Trinajstić information content (AvgIpc) is 3.41. The van der Waals surface area contributed by atoms with Gasteiger partial charge in [-0.3, -0.25) is 19.2 Å². The van der Waals surface area contributed by atoms with Crippen LogP contribution in [-0.2, 0) is 14.3 Å². The van der Waals surface area contributed by atoms with Gasteiger partial charge in [-0.05, 0) is 35.9 Å². The van der Waals surface area contributed by atoms with Crippen LogP contribution in [0.25, 0.3) is 0 Å². The van der Waals surface area contributed by atoms with E-state index < -0.39 is 52.7 Å². The van der Waals surface area contributed by atoms with Crippen molar-refractivity contribution >= 4 is 52.3 Å². The number of carbonyl (C=O) groups is 4. The molecule has 2 saturated heterocycles. The molecule has 3 aromatic rings. The molecule has 2 heterocycles. The Labute approximate surface area is 208 Å². The number of nitrogens with zero attached hydrogens (tertiary/aromatic N) is 1. The lowest BCUT2D eigenvalue weighted by Crippen LogP contribution is -2.51. The Morgan fingerprint density at radius 3 is 2.03 bits per heavy atom. The molecule has 6 rings (SSSR count). The predicted octanol–water partition coefficient (Wildman–Crippen LogP) is 4.83. The number of rotatable bonds is 2. The number of benzene rings is 3. The number of imide groups is 1. The summed E-state index contributed by atoms with van der Waals surface area (Å²) in [6.07, 6.45) is -1.13. The number of hydrogen-bond acceptors (Lipinski definition) is 5. The number of carbonyl (C=O) groups excluding carboxylic acids is 4. The molecule has 9 heteroatoms. The summed E-state index contributed by atoms with van der Waals surface area (Å²) in [7, 11) is 0. The molecule has 3 aromatic carbocycles. The number of ether oxygens (including phenoxy) is 1. The molecule has 1 aliphatic carbocycles. The van der Waals surface area contributed by atoms with Crippen LogP contribution in [0.15, 0.2) is 66.7 Å². The van der Waals surface area contributed by atoms with Crippen molar-refractivity contribution in [3.8, 4) is 0 Å². The van der Waals surface area contributed by atoms with E-state index in [0.717, 1.165) is 4.90 Å². The van der Waals surface area contributed by atoms with Gasteiger partial charge in [0.25, 0.3) is 0 Å². The highest BCUT2D eigenvalue weighted by atomic mass is 35.5. The SMILES string of the molecule is O=C1[C@H]2[C@@H](c3ccc(F)cc3)OC3(C(=O)c4ccccc4C3=O)[C@H]2C(=O)N1c1ccc(Cl)c(Cl)c1. The monoisotopic (exact) mass is 509 g/mol. The minimum Gasteiger partial charge on any atom is -0.349 e. The van der Waals surface area contributed by atoms with Crippen molar-refractivity contribution in [1.29, 1.82) is 0 Å².